The molecule has 32 heavy (non-hydrogen) atoms. The van der Waals surface area contributed by atoms with Gasteiger partial charge in [0.2, 0.25) is 5.91 Å². The van der Waals surface area contributed by atoms with Crippen LogP contribution in [-0.4, -0.2) is 39.9 Å². The second-order valence-corrected chi connectivity index (χ2v) is 8.26. The molecule has 3 heterocycles. The minimum atomic E-state index is -0.0646. The summed E-state index contributed by atoms with van der Waals surface area (Å²) in [6.07, 6.45) is 3.92. The molecule has 1 saturated heterocycles. The van der Waals surface area contributed by atoms with Gasteiger partial charge in [-0.1, -0.05) is 12.1 Å². The molecule has 1 aromatic carbocycles. The Hall–Kier alpha value is -2.97. The average Bonchev–Trinajstić information content (AvgIpc) is 3.19. The molecule has 4 rings (SSSR count). The number of nitrogens with zero attached hydrogens (tertiary/aromatic N) is 3. The number of benzene rings is 1. The second-order valence-electron chi connectivity index (χ2n) is 8.26. The van der Waals surface area contributed by atoms with Gasteiger partial charge in [0.1, 0.15) is 0 Å². The van der Waals surface area contributed by atoms with E-state index < -0.39 is 0 Å². The number of hydrogen-bond donors (Lipinski definition) is 3. The van der Waals surface area contributed by atoms with Crippen molar-refractivity contribution in [3.63, 3.8) is 0 Å². The molecule has 0 unspecified atom stereocenters. The topological polar surface area (TPSA) is 93.1 Å². The first-order chi connectivity index (χ1) is 15.5. The van der Waals surface area contributed by atoms with Crippen molar-refractivity contribution >= 4 is 28.3 Å². The summed E-state index contributed by atoms with van der Waals surface area (Å²) < 4.78 is 7.49. The van der Waals surface area contributed by atoms with Gasteiger partial charge in [-0.3, -0.25) is 4.79 Å². The number of pyridine rings is 1. The Morgan fingerprint density at radius 1 is 1.19 bits per heavy atom. The van der Waals surface area contributed by atoms with Crippen LogP contribution in [0.1, 0.15) is 43.5 Å². The van der Waals surface area contributed by atoms with Crippen molar-refractivity contribution in [3.05, 3.63) is 47.3 Å². The molecule has 0 saturated carbocycles. The molecule has 3 N–H and O–H groups in total. The Balaban J connectivity index is 1.53. The van der Waals surface area contributed by atoms with Crippen molar-refractivity contribution in [1.29, 1.82) is 0 Å². The summed E-state index contributed by atoms with van der Waals surface area (Å²) in [6, 6.07) is 8.29. The molecule has 1 amide bonds. The van der Waals surface area contributed by atoms with Gasteiger partial charge in [0.05, 0.1) is 17.3 Å². The molecule has 0 atom stereocenters. The van der Waals surface area contributed by atoms with Gasteiger partial charge < -0.3 is 20.7 Å². The molecule has 8 heteroatoms. The first-order valence-electron chi connectivity index (χ1n) is 11.3. The van der Waals surface area contributed by atoms with Crippen LogP contribution in [0.25, 0.3) is 11.0 Å². The van der Waals surface area contributed by atoms with E-state index in [2.05, 4.69) is 34.9 Å². The predicted octanol–water partition coefficient (Wildman–Crippen LogP) is 3.60. The highest BCUT2D eigenvalue weighted by atomic mass is 16.5. The van der Waals surface area contributed by atoms with Crippen LogP contribution in [0.4, 0.5) is 11.4 Å². The van der Waals surface area contributed by atoms with E-state index in [1.54, 1.807) is 0 Å². The highest BCUT2D eigenvalue weighted by Gasteiger charge is 2.20. The van der Waals surface area contributed by atoms with Crippen molar-refractivity contribution in [2.75, 3.05) is 23.8 Å². The molecule has 0 aliphatic carbocycles. The number of carbonyl (C=O) groups is 1. The first-order valence-corrected chi connectivity index (χ1v) is 11.3. The van der Waals surface area contributed by atoms with Crippen LogP contribution >= 0.6 is 0 Å². The number of carbonyl (C=O) groups excluding carboxylic acids is 1. The van der Waals surface area contributed by atoms with Crippen LogP contribution in [0.3, 0.4) is 0 Å². The Kier molecular flexibility index (Phi) is 7.02. The Bertz CT molecular complexity index is 1070. The van der Waals surface area contributed by atoms with E-state index in [9.17, 15) is 4.79 Å². The lowest BCUT2D eigenvalue weighted by Crippen LogP contribution is -2.29. The summed E-state index contributed by atoms with van der Waals surface area (Å²) in [5, 5.41) is 15.8. The molecule has 0 spiro atoms. The number of aryl methyl sites for hydroxylation is 2. The third-order valence-corrected chi connectivity index (χ3v) is 5.87. The number of amides is 1. The fourth-order valence-electron chi connectivity index (χ4n) is 4.14. The van der Waals surface area contributed by atoms with Crippen LogP contribution in [0, 0.1) is 6.92 Å². The summed E-state index contributed by atoms with van der Waals surface area (Å²) in [4.78, 5) is 16.1. The molecule has 0 radical (unpaired) electrons. The molecule has 8 nitrogen and oxygen atoms in total. The minimum Gasteiger partial charge on any atom is -0.381 e. The number of anilines is 2. The molecular formula is C24H32N6O2. The summed E-state index contributed by atoms with van der Waals surface area (Å²) >= 11 is 0. The van der Waals surface area contributed by atoms with Gasteiger partial charge in [0.15, 0.2) is 5.65 Å². The lowest BCUT2D eigenvalue weighted by molar-refractivity contribution is -0.114. The summed E-state index contributed by atoms with van der Waals surface area (Å²) in [6.45, 7) is 9.47. The van der Waals surface area contributed by atoms with Crippen LogP contribution in [0.2, 0.25) is 0 Å². The van der Waals surface area contributed by atoms with Crippen LogP contribution < -0.4 is 16.0 Å². The zero-order valence-corrected chi connectivity index (χ0v) is 19.1. The van der Waals surface area contributed by atoms with Crippen molar-refractivity contribution in [3.8, 4) is 0 Å². The van der Waals surface area contributed by atoms with Gasteiger partial charge in [-0.2, -0.15) is 5.10 Å². The molecule has 1 aliphatic heterocycles. The van der Waals surface area contributed by atoms with Gasteiger partial charge in [-0.25, -0.2) is 9.67 Å². The van der Waals surface area contributed by atoms with Crippen molar-refractivity contribution in [2.45, 2.75) is 59.3 Å². The Morgan fingerprint density at radius 2 is 1.94 bits per heavy atom. The minimum absolute atomic E-state index is 0.0646. The van der Waals surface area contributed by atoms with Crippen molar-refractivity contribution < 1.29 is 9.53 Å². The Morgan fingerprint density at radius 3 is 2.62 bits per heavy atom. The van der Waals surface area contributed by atoms with Gasteiger partial charge in [-0.15, -0.1) is 0 Å². The van der Waals surface area contributed by atoms with Crippen LogP contribution in [-0.2, 0) is 29.2 Å². The fourth-order valence-corrected chi connectivity index (χ4v) is 4.14. The van der Waals surface area contributed by atoms with E-state index in [0.717, 1.165) is 72.8 Å². The number of aromatic nitrogens is 3. The molecular weight excluding hydrogens is 404 g/mol. The van der Waals surface area contributed by atoms with Gasteiger partial charge in [0, 0.05) is 62.8 Å². The van der Waals surface area contributed by atoms with E-state index in [1.165, 1.54) is 12.5 Å². The zero-order chi connectivity index (χ0) is 22.5. The summed E-state index contributed by atoms with van der Waals surface area (Å²) in [5.74, 6) is -0.0646. The largest absolute Gasteiger partial charge is 0.381 e. The van der Waals surface area contributed by atoms with Crippen LogP contribution in [0.5, 0.6) is 0 Å². The maximum Gasteiger partial charge on any atom is 0.221 e. The Labute approximate surface area is 188 Å². The molecule has 0 bridgehead atoms. The van der Waals surface area contributed by atoms with Crippen molar-refractivity contribution in [1.82, 2.24) is 20.1 Å². The molecule has 1 fully saturated rings. The highest BCUT2D eigenvalue weighted by molar-refractivity contribution is 5.91. The van der Waals surface area contributed by atoms with Gasteiger partial charge in [0.25, 0.3) is 0 Å². The fraction of sp³-hybridized carbons (Fsp3) is 0.458. The molecule has 170 valence electrons. The van der Waals surface area contributed by atoms with E-state index in [-0.39, 0.29) is 5.91 Å². The van der Waals surface area contributed by atoms with E-state index >= 15 is 0 Å². The maximum absolute atomic E-state index is 11.2. The highest BCUT2D eigenvalue weighted by Crippen LogP contribution is 2.30. The third-order valence-electron chi connectivity index (χ3n) is 5.87. The van der Waals surface area contributed by atoms with E-state index in [4.69, 9.17) is 9.72 Å². The number of fused-ring (bicyclic) bond motifs is 1. The SMILES string of the molecule is CCn1ncc2c(NC3CCOCC3)c(CNCc3ccc(NC(C)=O)cc3)c(C)nc21. The summed E-state index contributed by atoms with van der Waals surface area (Å²) in [5.41, 5.74) is 6.21. The van der Waals surface area contributed by atoms with Crippen LogP contribution in [0.15, 0.2) is 30.5 Å². The molecule has 2 aromatic heterocycles. The van der Waals surface area contributed by atoms with E-state index in [1.807, 2.05) is 35.1 Å². The van der Waals surface area contributed by atoms with Gasteiger partial charge in [-0.05, 0) is 44.4 Å². The van der Waals surface area contributed by atoms with Gasteiger partial charge >= 0.3 is 0 Å². The maximum atomic E-state index is 11.2. The lowest BCUT2D eigenvalue weighted by Gasteiger charge is -2.26. The quantitative estimate of drug-likeness (QED) is 0.500. The average molecular weight is 437 g/mol. The number of rotatable bonds is 8. The monoisotopic (exact) mass is 436 g/mol. The second kappa shape index (κ2) is 10.1. The normalized spacial score (nSPS) is 14.6. The van der Waals surface area contributed by atoms with E-state index in [0.29, 0.717) is 12.6 Å². The third kappa shape index (κ3) is 5.08. The molecule has 3 aromatic rings. The molecule has 1 aliphatic rings. The lowest BCUT2D eigenvalue weighted by atomic mass is 10.0. The smallest absolute Gasteiger partial charge is 0.221 e. The number of nitrogens with one attached hydrogen (secondary N) is 3. The first kappa shape index (κ1) is 22.2. The number of hydrogen-bond acceptors (Lipinski definition) is 6. The zero-order valence-electron chi connectivity index (χ0n) is 19.1. The number of ether oxygens (including phenoxy) is 1. The van der Waals surface area contributed by atoms with Crippen molar-refractivity contribution in [2.24, 2.45) is 0 Å². The predicted molar refractivity (Wildman–Crippen MR) is 127 cm³/mol. The standard InChI is InChI=1S/C24H32N6O2/c1-4-30-24-22(15-26-30)23(29-20-9-11-32-12-10-20)21(16(2)27-24)14-25-13-18-5-7-19(8-6-18)28-17(3)31/h5-8,15,20,25H,4,9-14H2,1-3H3,(H,27,29)(H,28,31). The summed E-state index contributed by atoms with van der Waals surface area (Å²) in [7, 11) is 0.